The first-order valence-electron chi connectivity index (χ1n) is 6.97. The predicted molar refractivity (Wildman–Crippen MR) is 74.1 cm³/mol. The van der Waals surface area contributed by atoms with E-state index in [9.17, 15) is 4.79 Å². The van der Waals surface area contributed by atoms with Crippen LogP contribution >= 0.6 is 0 Å². The summed E-state index contributed by atoms with van der Waals surface area (Å²) < 4.78 is 0. The smallest absolute Gasteiger partial charge is 0.223 e. The highest BCUT2D eigenvalue weighted by Crippen LogP contribution is 2.07. The topological polar surface area (TPSA) is 32.3 Å². The quantitative estimate of drug-likeness (QED) is 0.709. The van der Waals surface area contributed by atoms with Gasteiger partial charge in [-0.2, -0.15) is 0 Å². The van der Waals surface area contributed by atoms with Crippen LogP contribution in [0.3, 0.4) is 0 Å². The second kappa shape index (κ2) is 8.51. The molecule has 0 aliphatic carbocycles. The fraction of sp³-hybridized carbons (Fsp3) is 0.929. The van der Waals surface area contributed by atoms with Crippen molar-refractivity contribution < 1.29 is 4.79 Å². The normalized spacial score (nSPS) is 11.9. The summed E-state index contributed by atoms with van der Waals surface area (Å²) in [5, 5.41) is 3.04. The summed E-state index contributed by atoms with van der Waals surface area (Å²) in [6, 6.07) is 1.06. The number of carbonyl (C=O) groups excluding carboxylic acids is 1. The van der Waals surface area contributed by atoms with Gasteiger partial charge in [-0.15, -0.1) is 0 Å². The Balaban J connectivity index is 4.00. The number of rotatable bonds is 8. The number of hydrogen-bond acceptors (Lipinski definition) is 2. The second-order valence-corrected chi connectivity index (χ2v) is 5.23. The van der Waals surface area contributed by atoms with Crippen molar-refractivity contribution in [1.29, 1.82) is 0 Å². The van der Waals surface area contributed by atoms with Crippen LogP contribution in [0.5, 0.6) is 0 Å². The summed E-state index contributed by atoms with van der Waals surface area (Å²) in [5.74, 6) is 0.393. The minimum Gasteiger partial charge on any atom is -0.355 e. The molecule has 1 N–H and O–H groups in total. The molecule has 0 rings (SSSR count). The van der Waals surface area contributed by atoms with Gasteiger partial charge in [0, 0.05) is 31.1 Å². The van der Waals surface area contributed by atoms with Gasteiger partial charge in [0.1, 0.15) is 0 Å². The molecule has 0 aliphatic heterocycles. The van der Waals surface area contributed by atoms with Gasteiger partial charge >= 0.3 is 0 Å². The zero-order valence-electron chi connectivity index (χ0n) is 12.4. The first-order chi connectivity index (χ1) is 7.93. The maximum Gasteiger partial charge on any atom is 0.223 e. The number of amides is 1. The SMILES string of the molecule is CCC(CC)C(=O)NCCN(C(C)C)C(C)C. The maximum atomic E-state index is 11.8. The highest BCUT2D eigenvalue weighted by molar-refractivity contribution is 5.78. The zero-order valence-corrected chi connectivity index (χ0v) is 12.4. The lowest BCUT2D eigenvalue weighted by Gasteiger charge is -2.30. The fourth-order valence-corrected chi connectivity index (χ4v) is 2.22. The molecule has 0 aromatic carbocycles. The molecule has 0 aliphatic rings. The van der Waals surface area contributed by atoms with E-state index in [1.54, 1.807) is 0 Å². The molecule has 0 heterocycles. The maximum absolute atomic E-state index is 11.8. The van der Waals surface area contributed by atoms with Crippen LogP contribution < -0.4 is 5.32 Å². The van der Waals surface area contributed by atoms with E-state index in [2.05, 4.69) is 51.8 Å². The Morgan fingerprint density at radius 1 is 1.06 bits per heavy atom. The third-order valence-electron chi connectivity index (χ3n) is 3.35. The van der Waals surface area contributed by atoms with E-state index in [-0.39, 0.29) is 11.8 Å². The average molecular weight is 242 g/mol. The van der Waals surface area contributed by atoms with Crippen molar-refractivity contribution in [2.45, 2.75) is 66.5 Å². The Morgan fingerprint density at radius 2 is 1.53 bits per heavy atom. The van der Waals surface area contributed by atoms with Gasteiger partial charge in [0.15, 0.2) is 0 Å². The second-order valence-electron chi connectivity index (χ2n) is 5.23. The number of carbonyl (C=O) groups is 1. The van der Waals surface area contributed by atoms with Gasteiger partial charge in [-0.05, 0) is 40.5 Å². The summed E-state index contributed by atoms with van der Waals surface area (Å²) in [7, 11) is 0. The van der Waals surface area contributed by atoms with Crippen molar-refractivity contribution in [3.8, 4) is 0 Å². The van der Waals surface area contributed by atoms with E-state index in [4.69, 9.17) is 0 Å². The summed E-state index contributed by atoms with van der Waals surface area (Å²) in [4.78, 5) is 14.2. The van der Waals surface area contributed by atoms with Crippen LogP contribution in [0, 0.1) is 5.92 Å². The van der Waals surface area contributed by atoms with E-state index in [0.717, 1.165) is 25.9 Å². The summed E-state index contributed by atoms with van der Waals surface area (Å²) in [5.41, 5.74) is 0. The standard InChI is InChI=1S/C14H30N2O/c1-7-13(8-2)14(17)15-9-10-16(11(3)4)12(5)6/h11-13H,7-10H2,1-6H3,(H,15,17). The van der Waals surface area contributed by atoms with E-state index < -0.39 is 0 Å². The van der Waals surface area contributed by atoms with Gasteiger partial charge in [0.05, 0.1) is 0 Å². The van der Waals surface area contributed by atoms with Crippen LogP contribution in [0.25, 0.3) is 0 Å². The van der Waals surface area contributed by atoms with Gasteiger partial charge in [-0.25, -0.2) is 0 Å². The molecule has 3 heteroatoms. The summed E-state index contributed by atoms with van der Waals surface area (Å²) in [6.07, 6.45) is 1.86. The molecule has 0 aromatic heterocycles. The third-order valence-corrected chi connectivity index (χ3v) is 3.35. The molecular formula is C14H30N2O. The van der Waals surface area contributed by atoms with Crippen molar-refractivity contribution in [1.82, 2.24) is 10.2 Å². The summed E-state index contributed by atoms with van der Waals surface area (Å²) in [6.45, 7) is 14.6. The molecule has 0 saturated heterocycles. The van der Waals surface area contributed by atoms with Crippen LogP contribution in [0.4, 0.5) is 0 Å². The Morgan fingerprint density at radius 3 is 1.88 bits per heavy atom. The zero-order chi connectivity index (χ0) is 13.4. The van der Waals surface area contributed by atoms with Gasteiger partial charge < -0.3 is 5.32 Å². The van der Waals surface area contributed by atoms with E-state index >= 15 is 0 Å². The van der Waals surface area contributed by atoms with Gasteiger partial charge in [0.2, 0.25) is 5.91 Å². The van der Waals surface area contributed by atoms with Crippen LogP contribution in [0.1, 0.15) is 54.4 Å². The first kappa shape index (κ1) is 16.4. The predicted octanol–water partition coefficient (Wildman–Crippen LogP) is 2.66. The highest BCUT2D eigenvalue weighted by atomic mass is 16.1. The molecule has 0 bridgehead atoms. The van der Waals surface area contributed by atoms with Gasteiger partial charge in [0.25, 0.3) is 0 Å². The van der Waals surface area contributed by atoms with Crippen LogP contribution in [0.15, 0.2) is 0 Å². The summed E-state index contributed by atoms with van der Waals surface area (Å²) >= 11 is 0. The van der Waals surface area contributed by atoms with Gasteiger partial charge in [-0.1, -0.05) is 13.8 Å². The van der Waals surface area contributed by atoms with Crippen LogP contribution in [0.2, 0.25) is 0 Å². The van der Waals surface area contributed by atoms with Crippen molar-refractivity contribution in [3.05, 3.63) is 0 Å². The fourth-order valence-electron chi connectivity index (χ4n) is 2.22. The van der Waals surface area contributed by atoms with Crippen molar-refractivity contribution in [2.24, 2.45) is 5.92 Å². The minimum atomic E-state index is 0.182. The number of nitrogens with zero attached hydrogens (tertiary/aromatic N) is 1. The van der Waals surface area contributed by atoms with Crippen LogP contribution in [-0.4, -0.2) is 36.0 Å². The molecule has 0 aromatic rings. The minimum absolute atomic E-state index is 0.182. The molecular weight excluding hydrogens is 212 g/mol. The molecule has 0 atom stereocenters. The highest BCUT2D eigenvalue weighted by Gasteiger charge is 2.16. The first-order valence-corrected chi connectivity index (χ1v) is 6.97. The van der Waals surface area contributed by atoms with E-state index in [1.807, 2.05) is 0 Å². The molecule has 0 radical (unpaired) electrons. The average Bonchev–Trinajstić information content (AvgIpc) is 2.24. The van der Waals surface area contributed by atoms with E-state index in [1.165, 1.54) is 0 Å². The Hall–Kier alpha value is -0.570. The third kappa shape index (κ3) is 6.06. The molecule has 0 unspecified atom stereocenters. The Bertz CT molecular complexity index is 202. The van der Waals surface area contributed by atoms with Crippen LogP contribution in [-0.2, 0) is 4.79 Å². The Kier molecular flexibility index (Phi) is 8.23. The molecule has 0 fully saturated rings. The van der Waals surface area contributed by atoms with E-state index in [0.29, 0.717) is 12.1 Å². The molecule has 1 amide bonds. The largest absolute Gasteiger partial charge is 0.355 e. The number of nitrogens with one attached hydrogen (secondary N) is 1. The molecule has 0 spiro atoms. The Labute approximate surface area is 107 Å². The van der Waals surface area contributed by atoms with Crippen molar-refractivity contribution >= 4 is 5.91 Å². The van der Waals surface area contributed by atoms with Crippen molar-refractivity contribution in [2.75, 3.05) is 13.1 Å². The monoisotopic (exact) mass is 242 g/mol. The molecule has 0 saturated carbocycles. The molecule has 3 nitrogen and oxygen atoms in total. The van der Waals surface area contributed by atoms with Crippen molar-refractivity contribution in [3.63, 3.8) is 0 Å². The number of hydrogen-bond donors (Lipinski definition) is 1. The molecule has 17 heavy (non-hydrogen) atoms. The lowest BCUT2D eigenvalue weighted by Crippen LogP contribution is -2.43. The lowest BCUT2D eigenvalue weighted by molar-refractivity contribution is -0.125. The lowest BCUT2D eigenvalue weighted by atomic mass is 10.0. The van der Waals surface area contributed by atoms with Gasteiger partial charge in [-0.3, -0.25) is 9.69 Å². The molecule has 102 valence electrons.